The molecule has 4 N–H and O–H groups in total. The molecule has 0 aliphatic heterocycles. The Morgan fingerprint density at radius 2 is 2.06 bits per heavy atom. The van der Waals surface area contributed by atoms with Crippen LogP contribution in [0.15, 0.2) is 23.2 Å². The van der Waals surface area contributed by atoms with Crippen molar-refractivity contribution in [3.05, 3.63) is 28.2 Å². The zero-order chi connectivity index (χ0) is 12.0. The normalized spacial score (nSPS) is 9.88. The van der Waals surface area contributed by atoms with Crippen molar-refractivity contribution in [1.29, 1.82) is 0 Å². The summed E-state index contributed by atoms with van der Waals surface area (Å²) < 4.78 is 5.43. The van der Waals surface area contributed by atoms with E-state index in [9.17, 15) is 0 Å². The van der Waals surface area contributed by atoms with E-state index >= 15 is 0 Å². The summed E-state index contributed by atoms with van der Waals surface area (Å²) in [7, 11) is 0. The van der Waals surface area contributed by atoms with E-state index < -0.39 is 0 Å². The first-order valence-electron chi connectivity index (χ1n) is 4.73. The molecule has 0 saturated carbocycles. The molecule has 0 aromatic heterocycles. The van der Waals surface area contributed by atoms with Crippen LogP contribution >= 0.6 is 23.2 Å². The molecule has 0 spiro atoms. The van der Waals surface area contributed by atoms with E-state index in [1.165, 1.54) is 0 Å². The van der Waals surface area contributed by atoms with Gasteiger partial charge < -0.3 is 16.2 Å². The molecule has 0 heterocycles. The Balaban J connectivity index is 2.35. The van der Waals surface area contributed by atoms with Crippen LogP contribution in [0.25, 0.3) is 0 Å². The second-order valence-corrected chi connectivity index (χ2v) is 3.93. The van der Waals surface area contributed by atoms with Crippen LogP contribution < -0.4 is 16.2 Å². The molecule has 88 valence electrons. The fraction of sp³-hybridized carbons (Fsp3) is 0.300. The molecular weight excluding hydrogens is 249 g/mol. The smallest absolute Gasteiger partial charge is 0.185 e. The molecule has 1 aromatic carbocycles. The van der Waals surface area contributed by atoms with Crippen LogP contribution in [0, 0.1) is 0 Å². The summed E-state index contributed by atoms with van der Waals surface area (Å²) in [4.78, 5) is 3.83. The number of halogens is 2. The molecule has 0 unspecified atom stereocenters. The minimum absolute atomic E-state index is 0.0875. The number of rotatable bonds is 5. The zero-order valence-corrected chi connectivity index (χ0v) is 10.1. The number of guanidine groups is 1. The van der Waals surface area contributed by atoms with Crippen LogP contribution in [-0.2, 0) is 0 Å². The van der Waals surface area contributed by atoms with Crippen LogP contribution in [0.1, 0.15) is 6.42 Å². The van der Waals surface area contributed by atoms with Gasteiger partial charge in [0.15, 0.2) is 5.96 Å². The topological polar surface area (TPSA) is 73.6 Å². The Hall–Kier alpha value is -1.13. The lowest BCUT2D eigenvalue weighted by atomic mass is 10.3. The second-order valence-electron chi connectivity index (χ2n) is 3.08. The lowest BCUT2D eigenvalue weighted by Crippen LogP contribution is -2.23. The Labute approximate surface area is 104 Å². The molecule has 1 rings (SSSR count). The lowest BCUT2D eigenvalue weighted by molar-refractivity contribution is 0.314. The number of nitrogens with two attached hydrogens (primary N) is 2. The summed E-state index contributed by atoms with van der Waals surface area (Å²) in [6.07, 6.45) is 0.719. The minimum Gasteiger partial charge on any atom is -0.492 e. The molecule has 0 radical (unpaired) electrons. The van der Waals surface area contributed by atoms with Crippen LogP contribution in [0.5, 0.6) is 5.75 Å². The number of ether oxygens (including phenoxy) is 1. The van der Waals surface area contributed by atoms with Crippen molar-refractivity contribution in [1.82, 2.24) is 0 Å². The highest BCUT2D eigenvalue weighted by atomic mass is 35.5. The van der Waals surface area contributed by atoms with Crippen LogP contribution in [0.4, 0.5) is 0 Å². The van der Waals surface area contributed by atoms with E-state index in [0.717, 1.165) is 6.42 Å². The van der Waals surface area contributed by atoms with Gasteiger partial charge in [-0.05, 0) is 18.2 Å². The van der Waals surface area contributed by atoms with Gasteiger partial charge in [-0.3, -0.25) is 4.99 Å². The molecule has 0 aliphatic carbocycles. The quantitative estimate of drug-likeness (QED) is 0.484. The predicted molar refractivity (Wildman–Crippen MR) is 67.3 cm³/mol. The molecule has 0 atom stereocenters. The summed E-state index contributed by atoms with van der Waals surface area (Å²) in [5.74, 6) is 0.695. The maximum absolute atomic E-state index is 5.92. The first kappa shape index (κ1) is 12.9. The van der Waals surface area contributed by atoms with Gasteiger partial charge in [-0.1, -0.05) is 23.2 Å². The number of hydrogen-bond acceptors (Lipinski definition) is 2. The summed E-state index contributed by atoms with van der Waals surface area (Å²) in [6.45, 7) is 1.03. The molecule has 16 heavy (non-hydrogen) atoms. The fourth-order valence-corrected chi connectivity index (χ4v) is 1.51. The van der Waals surface area contributed by atoms with Crippen molar-refractivity contribution in [2.75, 3.05) is 13.2 Å². The summed E-state index contributed by atoms with van der Waals surface area (Å²) in [6, 6.07) is 5.08. The molecule has 0 saturated heterocycles. The van der Waals surface area contributed by atoms with Gasteiger partial charge in [0.2, 0.25) is 0 Å². The number of aliphatic imine (C=N–C) groups is 1. The monoisotopic (exact) mass is 261 g/mol. The van der Waals surface area contributed by atoms with Gasteiger partial charge in [0.1, 0.15) is 5.75 Å². The van der Waals surface area contributed by atoms with Crippen molar-refractivity contribution in [2.24, 2.45) is 16.5 Å². The number of hydrogen-bond donors (Lipinski definition) is 2. The Morgan fingerprint density at radius 3 is 2.69 bits per heavy atom. The molecule has 0 bridgehead atoms. The van der Waals surface area contributed by atoms with E-state index in [1.807, 2.05) is 0 Å². The van der Waals surface area contributed by atoms with Gasteiger partial charge in [0.05, 0.1) is 11.6 Å². The molecule has 1 aromatic rings. The molecule has 4 nitrogen and oxygen atoms in total. The van der Waals surface area contributed by atoms with Crippen molar-refractivity contribution >= 4 is 29.2 Å². The third-order valence-electron chi connectivity index (χ3n) is 1.75. The number of benzene rings is 1. The van der Waals surface area contributed by atoms with Crippen LogP contribution in [0.2, 0.25) is 10.0 Å². The van der Waals surface area contributed by atoms with Crippen LogP contribution in [-0.4, -0.2) is 19.1 Å². The first-order chi connectivity index (χ1) is 7.59. The van der Waals surface area contributed by atoms with Gasteiger partial charge in [-0.25, -0.2) is 0 Å². The van der Waals surface area contributed by atoms with E-state index in [-0.39, 0.29) is 5.96 Å². The summed E-state index contributed by atoms with van der Waals surface area (Å²) in [5, 5.41) is 1.08. The largest absolute Gasteiger partial charge is 0.492 e. The summed E-state index contributed by atoms with van der Waals surface area (Å²) >= 11 is 11.7. The van der Waals surface area contributed by atoms with Crippen LogP contribution in [0.3, 0.4) is 0 Å². The minimum atomic E-state index is 0.0875. The highest BCUT2D eigenvalue weighted by Gasteiger charge is 2.01. The number of nitrogens with zero attached hydrogens (tertiary/aromatic N) is 1. The molecule has 0 aliphatic rings. The third-order valence-corrected chi connectivity index (χ3v) is 2.28. The van der Waals surface area contributed by atoms with Crippen molar-refractivity contribution < 1.29 is 4.74 Å². The highest BCUT2D eigenvalue weighted by Crippen LogP contribution is 2.27. The Bertz CT molecular complexity index is 378. The van der Waals surface area contributed by atoms with E-state index in [4.69, 9.17) is 39.4 Å². The molecule has 0 fully saturated rings. The van der Waals surface area contributed by atoms with Gasteiger partial charge in [-0.2, -0.15) is 0 Å². The zero-order valence-electron chi connectivity index (χ0n) is 8.62. The average Bonchev–Trinajstić information content (AvgIpc) is 2.20. The maximum Gasteiger partial charge on any atom is 0.185 e. The van der Waals surface area contributed by atoms with Gasteiger partial charge in [0, 0.05) is 18.0 Å². The Morgan fingerprint density at radius 1 is 1.31 bits per heavy atom. The highest BCUT2D eigenvalue weighted by molar-refractivity contribution is 6.35. The van der Waals surface area contributed by atoms with E-state index in [2.05, 4.69) is 4.99 Å². The molecular formula is C10H13Cl2N3O. The molecule has 6 heteroatoms. The standard InChI is InChI=1S/C10H13Cl2N3O/c11-7-2-3-9(8(12)6-7)16-5-1-4-15-10(13)14/h2-3,6H,1,4-5H2,(H4,13,14,15). The van der Waals surface area contributed by atoms with Crippen molar-refractivity contribution in [2.45, 2.75) is 6.42 Å². The van der Waals surface area contributed by atoms with Crippen molar-refractivity contribution in [3.63, 3.8) is 0 Å². The summed E-state index contributed by atoms with van der Waals surface area (Å²) in [5.41, 5.74) is 10.4. The predicted octanol–water partition coefficient (Wildman–Crippen LogP) is 2.04. The maximum atomic E-state index is 5.92. The van der Waals surface area contributed by atoms with Gasteiger partial charge in [-0.15, -0.1) is 0 Å². The van der Waals surface area contributed by atoms with Gasteiger partial charge >= 0.3 is 0 Å². The molecule has 0 amide bonds. The first-order valence-corrected chi connectivity index (χ1v) is 5.48. The van der Waals surface area contributed by atoms with Crippen molar-refractivity contribution in [3.8, 4) is 5.75 Å². The van der Waals surface area contributed by atoms with E-state index in [1.54, 1.807) is 18.2 Å². The van der Waals surface area contributed by atoms with E-state index in [0.29, 0.717) is 28.9 Å². The fourth-order valence-electron chi connectivity index (χ4n) is 1.05. The van der Waals surface area contributed by atoms with Gasteiger partial charge in [0.25, 0.3) is 0 Å². The second kappa shape index (κ2) is 6.45. The lowest BCUT2D eigenvalue weighted by Gasteiger charge is -2.07. The average molecular weight is 262 g/mol. The SMILES string of the molecule is NC(N)=NCCCOc1ccc(Cl)cc1Cl. The Kier molecular flexibility index (Phi) is 5.22. The third kappa shape index (κ3) is 4.59.